The summed E-state index contributed by atoms with van der Waals surface area (Å²) in [4.78, 5) is 15.2. The van der Waals surface area contributed by atoms with E-state index in [9.17, 15) is 13.2 Å². The number of carbonyl (C=O) groups excluding carboxylic acids is 1. The molecule has 1 unspecified atom stereocenters. The van der Waals surface area contributed by atoms with E-state index in [0.717, 1.165) is 35.5 Å². The van der Waals surface area contributed by atoms with Crippen molar-refractivity contribution in [3.05, 3.63) is 53.1 Å². The number of benzene rings is 2. The van der Waals surface area contributed by atoms with Crippen molar-refractivity contribution >= 4 is 21.8 Å². The third-order valence-corrected chi connectivity index (χ3v) is 7.60. The van der Waals surface area contributed by atoms with Crippen LogP contribution in [0.15, 0.2) is 45.7 Å². The normalized spacial score (nSPS) is 22.4. The molecule has 0 saturated carbocycles. The summed E-state index contributed by atoms with van der Waals surface area (Å²) < 4.78 is 40.7. The van der Waals surface area contributed by atoms with Crippen LogP contribution in [0, 0.1) is 0 Å². The number of sulfonamides is 1. The van der Waals surface area contributed by atoms with E-state index < -0.39 is 16.1 Å². The summed E-state index contributed by atoms with van der Waals surface area (Å²) in [5.41, 5.74) is 2.52. The number of likely N-dealkylation sites (tertiary alicyclic amines) is 1. The number of rotatable bonds is 5. The molecule has 2 aromatic rings. The molecule has 174 valence electrons. The van der Waals surface area contributed by atoms with E-state index in [1.54, 1.807) is 24.3 Å². The van der Waals surface area contributed by atoms with Gasteiger partial charge in [0.05, 0.1) is 6.61 Å². The fourth-order valence-electron chi connectivity index (χ4n) is 4.80. The fraction of sp³-hybridized carbons (Fsp3) is 0.417. The van der Waals surface area contributed by atoms with Crippen LogP contribution >= 0.6 is 0 Å². The van der Waals surface area contributed by atoms with Crippen molar-refractivity contribution in [2.75, 3.05) is 13.2 Å². The van der Waals surface area contributed by atoms with Crippen LogP contribution < -0.4 is 14.8 Å². The molecular weight excluding hydrogens is 442 g/mol. The third-order valence-electron chi connectivity index (χ3n) is 6.27. The molecule has 0 bridgehead atoms. The van der Waals surface area contributed by atoms with Gasteiger partial charge in [-0.15, -0.1) is 4.40 Å². The Kier molecular flexibility index (Phi) is 5.52. The van der Waals surface area contributed by atoms with Crippen LogP contribution in [-0.2, 0) is 27.8 Å². The van der Waals surface area contributed by atoms with E-state index in [1.165, 1.54) is 0 Å². The summed E-state index contributed by atoms with van der Waals surface area (Å²) in [7, 11) is -3.73. The van der Waals surface area contributed by atoms with E-state index in [0.29, 0.717) is 37.5 Å². The smallest absolute Gasteiger partial charge is 0.285 e. The lowest BCUT2D eigenvalue weighted by Gasteiger charge is -2.25. The lowest BCUT2D eigenvalue weighted by molar-refractivity contribution is -0.124. The van der Waals surface area contributed by atoms with E-state index in [2.05, 4.69) is 9.71 Å². The van der Waals surface area contributed by atoms with Crippen molar-refractivity contribution in [2.45, 2.75) is 56.7 Å². The van der Waals surface area contributed by atoms with Gasteiger partial charge >= 0.3 is 0 Å². The highest BCUT2D eigenvalue weighted by atomic mass is 32.2. The fourth-order valence-corrected chi connectivity index (χ4v) is 6.02. The average Bonchev–Trinajstić information content (AvgIpc) is 3.47. The number of hydrogen-bond donors (Lipinski definition) is 1. The second-order valence-electron chi connectivity index (χ2n) is 8.59. The molecule has 33 heavy (non-hydrogen) atoms. The summed E-state index contributed by atoms with van der Waals surface area (Å²) in [6, 6.07) is 10.2. The predicted octanol–water partition coefficient (Wildman–Crippen LogP) is 2.64. The summed E-state index contributed by atoms with van der Waals surface area (Å²) in [5.74, 6) is 1.78. The first kappa shape index (κ1) is 21.8. The molecule has 3 aliphatic heterocycles. The molecule has 3 heterocycles. The van der Waals surface area contributed by atoms with Crippen LogP contribution in [0.1, 0.15) is 43.4 Å². The Morgan fingerprint density at radius 1 is 1.30 bits per heavy atom. The summed E-state index contributed by atoms with van der Waals surface area (Å²) in [6.45, 7) is 5.36. The van der Waals surface area contributed by atoms with Crippen molar-refractivity contribution < 1.29 is 22.7 Å². The third kappa shape index (κ3) is 3.94. The molecule has 1 N–H and O–H groups in total. The monoisotopic (exact) mass is 469 g/mol. The molecule has 9 heteroatoms. The first-order valence-corrected chi connectivity index (χ1v) is 12.8. The molecular formula is C24H27N3O5S. The Hall–Kier alpha value is -3.07. The Bertz CT molecular complexity index is 1240. The number of amidine groups is 1. The van der Waals surface area contributed by atoms with Gasteiger partial charge in [-0.1, -0.05) is 12.1 Å². The maximum absolute atomic E-state index is 13.2. The first-order valence-electron chi connectivity index (χ1n) is 11.3. The molecule has 1 amide bonds. The SMILES string of the molecule is CCOc1cc2c(cc1CNC(=O)[C@@H]1CCCN1C1=NS(=O)(=O)c3ccccc31)OC(C)C2. The molecule has 2 atom stereocenters. The minimum absolute atomic E-state index is 0.123. The molecule has 1 saturated heterocycles. The van der Waals surface area contributed by atoms with Gasteiger partial charge in [-0.05, 0) is 51.0 Å². The Morgan fingerprint density at radius 2 is 2.12 bits per heavy atom. The molecule has 3 aliphatic rings. The van der Waals surface area contributed by atoms with E-state index >= 15 is 0 Å². The quantitative estimate of drug-likeness (QED) is 0.723. The highest BCUT2D eigenvalue weighted by Gasteiger charge is 2.39. The largest absolute Gasteiger partial charge is 0.494 e. The number of nitrogens with zero attached hydrogens (tertiary/aromatic N) is 2. The summed E-state index contributed by atoms with van der Waals surface area (Å²) in [5, 5.41) is 3.02. The van der Waals surface area contributed by atoms with Crippen molar-refractivity contribution in [1.29, 1.82) is 0 Å². The minimum Gasteiger partial charge on any atom is -0.494 e. The standard InChI is InChI=1S/C24H27N3O5S/c1-3-31-20-12-16-11-15(2)32-21(16)13-17(20)14-25-24(28)19-8-6-10-27(19)23-18-7-4-5-9-22(18)33(29,30)26-23/h4-5,7,9,12-13,15,19H,3,6,8,10-11,14H2,1-2H3,(H,25,28)/t15?,19-/m0/s1. The molecule has 0 spiro atoms. The van der Waals surface area contributed by atoms with Gasteiger partial charge in [0.2, 0.25) is 5.91 Å². The first-order chi connectivity index (χ1) is 15.9. The van der Waals surface area contributed by atoms with Crippen LogP contribution in [0.4, 0.5) is 0 Å². The number of fused-ring (bicyclic) bond motifs is 2. The minimum atomic E-state index is -3.73. The Morgan fingerprint density at radius 3 is 2.94 bits per heavy atom. The van der Waals surface area contributed by atoms with E-state index in [-0.39, 0.29) is 16.9 Å². The van der Waals surface area contributed by atoms with Gasteiger partial charge in [-0.3, -0.25) is 4.79 Å². The predicted molar refractivity (Wildman–Crippen MR) is 123 cm³/mol. The van der Waals surface area contributed by atoms with Crippen LogP contribution in [-0.4, -0.2) is 50.4 Å². The lowest BCUT2D eigenvalue weighted by atomic mass is 10.1. The number of hydrogen-bond acceptors (Lipinski definition) is 6. The van der Waals surface area contributed by atoms with Gasteiger partial charge in [0.1, 0.15) is 28.5 Å². The van der Waals surface area contributed by atoms with E-state index in [1.807, 2.05) is 30.9 Å². The van der Waals surface area contributed by atoms with Crippen molar-refractivity contribution in [3.63, 3.8) is 0 Å². The second-order valence-corrected chi connectivity index (χ2v) is 10.2. The summed E-state index contributed by atoms with van der Waals surface area (Å²) >= 11 is 0. The van der Waals surface area contributed by atoms with Crippen molar-refractivity contribution in [3.8, 4) is 11.5 Å². The van der Waals surface area contributed by atoms with Crippen LogP contribution in [0.3, 0.4) is 0 Å². The van der Waals surface area contributed by atoms with Gasteiger partial charge in [-0.25, -0.2) is 0 Å². The van der Waals surface area contributed by atoms with Gasteiger partial charge in [0.15, 0.2) is 5.84 Å². The van der Waals surface area contributed by atoms with Gasteiger partial charge in [0, 0.05) is 36.2 Å². The maximum Gasteiger partial charge on any atom is 0.285 e. The zero-order valence-corrected chi connectivity index (χ0v) is 19.5. The molecule has 5 rings (SSSR count). The summed E-state index contributed by atoms with van der Waals surface area (Å²) in [6.07, 6.45) is 2.38. The lowest BCUT2D eigenvalue weighted by Crippen LogP contribution is -2.45. The molecule has 0 aliphatic carbocycles. The molecule has 8 nitrogen and oxygen atoms in total. The molecule has 0 aromatic heterocycles. The van der Waals surface area contributed by atoms with Gasteiger partial charge in [-0.2, -0.15) is 8.42 Å². The molecule has 1 fully saturated rings. The molecule has 2 aromatic carbocycles. The van der Waals surface area contributed by atoms with Crippen molar-refractivity contribution in [2.24, 2.45) is 4.40 Å². The number of amides is 1. The Balaban J connectivity index is 1.35. The van der Waals surface area contributed by atoms with Gasteiger partial charge in [0.25, 0.3) is 10.0 Å². The zero-order chi connectivity index (χ0) is 23.2. The number of nitrogens with one attached hydrogen (secondary N) is 1. The van der Waals surface area contributed by atoms with Crippen LogP contribution in [0.2, 0.25) is 0 Å². The second kappa shape index (κ2) is 8.37. The van der Waals surface area contributed by atoms with Crippen molar-refractivity contribution in [1.82, 2.24) is 10.2 Å². The molecule has 0 radical (unpaired) electrons. The highest BCUT2D eigenvalue weighted by Crippen LogP contribution is 2.35. The highest BCUT2D eigenvalue weighted by molar-refractivity contribution is 7.90. The Labute approximate surface area is 193 Å². The topological polar surface area (TPSA) is 97.3 Å². The van der Waals surface area contributed by atoms with Gasteiger partial charge < -0.3 is 19.7 Å². The van der Waals surface area contributed by atoms with Crippen LogP contribution in [0.25, 0.3) is 0 Å². The average molecular weight is 470 g/mol. The number of carbonyl (C=O) groups is 1. The van der Waals surface area contributed by atoms with Crippen LogP contribution in [0.5, 0.6) is 11.5 Å². The zero-order valence-electron chi connectivity index (χ0n) is 18.7. The maximum atomic E-state index is 13.2. The number of ether oxygens (including phenoxy) is 2. The van der Waals surface area contributed by atoms with E-state index in [4.69, 9.17) is 9.47 Å².